The molecule has 3 nitrogen and oxygen atoms in total. The number of aromatic nitrogens is 2. The van der Waals surface area contributed by atoms with E-state index >= 15 is 0 Å². The average molecular weight is 682 g/mol. The first-order valence-electron chi connectivity index (χ1n) is 17.7. The first kappa shape index (κ1) is 29.1. The molecule has 244 valence electrons. The van der Waals surface area contributed by atoms with Gasteiger partial charge >= 0.3 is 0 Å². The normalized spacial score (nSPS) is 11.8. The highest BCUT2D eigenvalue weighted by Gasteiger charge is 2.20. The summed E-state index contributed by atoms with van der Waals surface area (Å²) in [5.74, 6) is 0. The van der Waals surface area contributed by atoms with Crippen molar-refractivity contribution in [2.45, 2.75) is 0 Å². The quantitative estimate of drug-likeness (QED) is 0.176. The molecule has 0 saturated carbocycles. The summed E-state index contributed by atoms with van der Waals surface area (Å²) in [7, 11) is 0. The van der Waals surface area contributed by atoms with Crippen LogP contribution in [0.15, 0.2) is 188 Å². The van der Waals surface area contributed by atoms with Crippen molar-refractivity contribution in [2.24, 2.45) is 0 Å². The fraction of sp³-hybridized carbons (Fsp3) is 0. The first-order valence-corrected chi connectivity index (χ1v) is 18.5. The van der Waals surface area contributed by atoms with Crippen LogP contribution in [0.1, 0.15) is 0 Å². The molecule has 3 heterocycles. The third-order valence-electron chi connectivity index (χ3n) is 10.5. The summed E-state index contributed by atoms with van der Waals surface area (Å²) < 4.78 is 7.45. The predicted molar refractivity (Wildman–Crippen MR) is 223 cm³/mol. The lowest BCUT2D eigenvalue weighted by Crippen LogP contribution is -2.10. The highest BCUT2D eigenvalue weighted by molar-refractivity contribution is 7.26. The van der Waals surface area contributed by atoms with E-state index in [1.54, 1.807) is 0 Å². The number of fused-ring (bicyclic) bond motifs is 10. The summed E-state index contributed by atoms with van der Waals surface area (Å²) in [5, 5.41) is 7.75. The molecule has 0 amide bonds. The van der Waals surface area contributed by atoms with Gasteiger partial charge in [0, 0.05) is 70.2 Å². The maximum atomic E-state index is 2.43. The Morgan fingerprint density at radius 3 is 1.65 bits per heavy atom. The second kappa shape index (κ2) is 11.5. The van der Waals surface area contributed by atoms with Gasteiger partial charge in [-0.15, -0.1) is 11.3 Å². The lowest BCUT2D eigenvalue weighted by atomic mass is 10.1. The van der Waals surface area contributed by atoms with Crippen LogP contribution in [0.2, 0.25) is 0 Å². The van der Waals surface area contributed by atoms with Gasteiger partial charge in [0.1, 0.15) is 0 Å². The van der Waals surface area contributed by atoms with Crippen LogP contribution in [0.25, 0.3) is 75.2 Å². The molecule has 0 aliphatic carbocycles. The van der Waals surface area contributed by atoms with Gasteiger partial charge in [-0.3, -0.25) is 0 Å². The molecular weight excluding hydrogens is 651 g/mol. The van der Waals surface area contributed by atoms with Gasteiger partial charge in [0.05, 0.1) is 22.1 Å². The molecule has 52 heavy (non-hydrogen) atoms. The third-order valence-corrected chi connectivity index (χ3v) is 11.6. The van der Waals surface area contributed by atoms with Crippen molar-refractivity contribution < 1.29 is 0 Å². The van der Waals surface area contributed by atoms with Gasteiger partial charge in [-0.2, -0.15) is 0 Å². The zero-order valence-corrected chi connectivity index (χ0v) is 29.0. The highest BCUT2D eigenvalue weighted by atomic mass is 32.1. The van der Waals surface area contributed by atoms with E-state index < -0.39 is 0 Å². The van der Waals surface area contributed by atoms with Crippen molar-refractivity contribution >= 4 is 92.2 Å². The Hall–Kier alpha value is -6.62. The Bertz CT molecular complexity index is 3110. The van der Waals surface area contributed by atoms with Crippen LogP contribution < -0.4 is 4.90 Å². The zero-order chi connectivity index (χ0) is 34.2. The summed E-state index contributed by atoms with van der Waals surface area (Å²) in [6, 6.07) is 68.2. The molecule has 4 heteroatoms. The standard InChI is InChI=1S/C48H31N3S/c1-3-13-32(14-4-1)49(36-27-28-43-40(31-36)37-17-7-10-20-41(37)50(43)33-15-5-2-6-16-33)34-23-25-35(26-24-34)51-42-21-11-8-18-38(42)47-44(51)29-30-46-48(47)39-19-9-12-22-45(39)52-46/h1-31H. The van der Waals surface area contributed by atoms with Crippen LogP contribution in [0.4, 0.5) is 17.1 Å². The van der Waals surface area contributed by atoms with Gasteiger partial charge < -0.3 is 14.0 Å². The second-order valence-corrected chi connectivity index (χ2v) is 14.4. The maximum Gasteiger partial charge on any atom is 0.0548 e. The Morgan fingerprint density at radius 1 is 0.327 bits per heavy atom. The molecule has 0 unspecified atom stereocenters. The van der Waals surface area contributed by atoms with Gasteiger partial charge in [-0.05, 0) is 97.1 Å². The van der Waals surface area contributed by atoms with Crippen molar-refractivity contribution in [2.75, 3.05) is 4.90 Å². The van der Waals surface area contributed by atoms with E-state index in [4.69, 9.17) is 0 Å². The Morgan fingerprint density at radius 2 is 0.865 bits per heavy atom. The van der Waals surface area contributed by atoms with Crippen molar-refractivity contribution in [1.29, 1.82) is 0 Å². The molecule has 11 rings (SSSR count). The van der Waals surface area contributed by atoms with Crippen LogP contribution in [-0.2, 0) is 0 Å². The van der Waals surface area contributed by atoms with Gasteiger partial charge in [0.25, 0.3) is 0 Å². The molecule has 8 aromatic carbocycles. The largest absolute Gasteiger partial charge is 0.310 e. The minimum Gasteiger partial charge on any atom is -0.310 e. The van der Waals surface area contributed by atoms with Gasteiger partial charge in [-0.1, -0.05) is 91.0 Å². The molecule has 0 radical (unpaired) electrons. The number of hydrogen-bond acceptors (Lipinski definition) is 2. The molecule has 0 fully saturated rings. The van der Waals surface area contributed by atoms with Crippen molar-refractivity contribution in [1.82, 2.24) is 9.13 Å². The molecule has 0 atom stereocenters. The molecular formula is C48H31N3S. The van der Waals surface area contributed by atoms with E-state index in [0.717, 1.165) is 28.4 Å². The summed E-state index contributed by atoms with van der Waals surface area (Å²) in [5.41, 5.74) is 10.5. The number of thiophene rings is 1. The summed E-state index contributed by atoms with van der Waals surface area (Å²) in [6.07, 6.45) is 0. The lowest BCUT2D eigenvalue weighted by molar-refractivity contribution is 1.17. The molecule has 0 spiro atoms. The molecule has 0 aliphatic heterocycles. The number of hydrogen-bond donors (Lipinski definition) is 0. The molecule has 11 aromatic rings. The first-order chi connectivity index (χ1) is 25.8. The Labute approximate surface area is 304 Å². The summed E-state index contributed by atoms with van der Waals surface area (Å²) >= 11 is 1.88. The molecule has 3 aromatic heterocycles. The van der Waals surface area contributed by atoms with Crippen molar-refractivity contribution in [3.05, 3.63) is 188 Å². The monoisotopic (exact) mass is 681 g/mol. The van der Waals surface area contributed by atoms with Crippen LogP contribution in [-0.4, -0.2) is 9.13 Å². The molecule has 0 aliphatic rings. The number of rotatable bonds is 5. The van der Waals surface area contributed by atoms with E-state index in [1.807, 2.05) is 11.3 Å². The number of benzene rings is 8. The second-order valence-electron chi connectivity index (χ2n) is 13.4. The van der Waals surface area contributed by atoms with Crippen LogP contribution in [0.5, 0.6) is 0 Å². The Balaban J connectivity index is 1.09. The minimum absolute atomic E-state index is 1.10. The average Bonchev–Trinajstić information content (AvgIpc) is 3.86. The fourth-order valence-corrected chi connectivity index (χ4v) is 9.40. The Kier molecular flexibility index (Phi) is 6.42. The van der Waals surface area contributed by atoms with E-state index in [1.165, 1.54) is 63.8 Å². The lowest BCUT2D eigenvalue weighted by Gasteiger charge is -2.26. The van der Waals surface area contributed by atoms with E-state index in [-0.39, 0.29) is 0 Å². The van der Waals surface area contributed by atoms with E-state index in [0.29, 0.717) is 0 Å². The molecule has 0 N–H and O–H groups in total. The summed E-state index contributed by atoms with van der Waals surface area (Å²) in [6.45, 7) is 0. The van der Waals surface area contributed by atoms with E-state index in [9.17, 15) is 0 Å². The minimum atomic E-state index is 1.10. The molecule has 0 bridgehead atoms. The van der Waals surface area contributed by atoms with Gasteiger partial charge in [0.2, 0.25) is 0 Å². The van der Waals surface area contributed by atoms with Gasteiger partial charge in [-0.25, -0.2) is 0 Å². The smallest absolute Gasteiger partial charge is 0.0548 e. The zero-order valence-electron chi connectivity index (χ0n) is 28.1. The van der Waals surface area contributed by atoms with E-state index in [2.05, 4.69) is 202 Å². The van der Waals surface area contributed by atoms with Crippen molar-refractivity contribution in [3.8, 4) is 11.4 Å². The number of nitrogens with zero attached hydrogens (tertiary/aromatic N) is 3. The third kappa shape index (κ3) is 4.31. The maximum absolute atomic E-state index is 2.43. The highest BCUT2D eigenvalue weighted by Crippen LogP contribution is 2.44. The SMILES string of the molecule is c1ccc(N(c2ccc(-n3c4ccccc4c4c5c(ccc43)sc3ccccc35)cc2)c2ccc3c(c2)c2ccccc2n3-c2ccccc2)cc1. The van der Waals surface area contributed by atoms with Crippen LogP contribution in [0, 0.1) is 0 Å². The molecule has 0 saturated heterocycles. The number of anilines is 3. The number of para-hydroxylation sites is 4. The van der Waals surface area contributed by atoms with Gasteiger partial charge in [0.15, 0.2) is 0 Å². The van der Waals surface area contributed by atoms with Crippen molar-refractivity contribution in [3.63, 3.8) is 0 Å². The predicted octanol–water partition coefficient (Wildman–Crippen LogP) is 13.7. The topological polar surface area (TPSA) is 13.1 Å². The fourth-order valence-electron chi connectivity index (χ4n) is 8.28. The van der Waals surface area contributed by atoms with Crippen LogP contribution in [0.3, 0.4) is 0 Å². The summed E-state index contributed by atoms with van der Waals surface area (Å²) in [4.78, 5) is 2.37. The van der Waals surface area contributed by atoms with Crippen LogP contribution >= 0.6 is 11.3 Å².